The first kappa shape index (κ1) is 23.8. The smallest absolute Gasteiger partial charge is 0.408 e. The molecule has 0 aromatic heterocycles. The maximum absolute atomic E-state index is 12.6. The van der Waals surface area contributed by atoms with Crippen molar-refractivity contribution in [2.75, 3.05) is 13.7 Å². The highest BCUT2D eigenvalue weighted by atomic mass is 16.6. The zero-order chi connectivity index (χ0) is 22.2. The van der Waals surface area contributed by atoms with Gasteiger partial charge in [-0.1, -0.05) is 0 Å². The van der Waals surface area contributed by atoms with Gasteiger partial charge < -0.3 is 24.8 Å². The largest absolute Gasteiger partial charge is 0.491 e. The average Bonchev–Trinajstić information content (AvgIpc) is 2.62. The van der Waals surface area contributed by atoms with Crippen molar-refractivity contribution in [3.05, 3.63) is 29.8 Å². The van der Waals surface area contributed by atoms with Crippen LogP contribution in [0.15, 0.2) is 24.3 Å². The van der Waals surface area contributed by atoms with Crippen LogP contribution in [0, 0.1) is 11.3 Å². The molecule has 1 aromatic rings. The summed E-state index contributed by atoms with van der Waals surface area (Å²) < 4.78 is 15.4. The molecule has 1 rings (SSSR count). The van der Waals surface area contributed by atoms with Crippen molar-refractivity contribution in [1.29, 1.82) is 5.26 Å². The van der Waals surface area contributed by atoms with Crippen LogP contribution in [0.25, 0.3) is 0 Å². The van der Waals surface area contributed by atoms with E-state index < -0.39 is 35.2 Å². The highest BCUT2D eigenvalue weighted by molar-refractivity contribution is 5.92. The lowest BCUT2D eigenvalue weighted by atomic mass is 10.0. The van der Waals surface area contributed by atoms with Crippen molar-refractivity contribution in [1.82, 2.24) is 10.6 Å². The van der Waals surface area contributed by atoms with Crippen molar-refractivity contribution in [3.8, 4) is 11.8 Å². The van der Waals surface area contributed by atoms with E-state index in [9.17, 15) is 14.4 Å². The van der Waals surface area contributed by atoms with E-state index in [1.54, 1.807) is 45.0 Å². The third kappa shape index (κ3) is 8.09. The molecule has 0 spiro atoms. The number of benzene rings is 1. The van der Waals surface area contributed by atoms with Gasteiger partial charge in [-0.15, -0.1) is 0 Å². The molecule has 2 N–H and O–H groups in total. The lowest BCUT2D eigenvalue weighted by molar-refractivity contribution is -0.146. The molecule has 0 bridgehead atoms. The number of carbonyl (C=O) groups is 3. The molecule has 0 fully saturated rings. The fourth-order valence-corrected chi connectivity index (χ4v) is 2.07. The minimum absolute atomic E-state index is 0.202. The number of nitrogens with zero attached hydrogens (tertiary/aromatic N) is 1. The van der Waals surface area contributed by atoms with Gasteiger partial charge in [-0.05, 0) is 58.9 Å². The first-order chi connectivity index (χ1) is 13.4. The van der Waals surface area contributed by atoms with Crippen molar-refractivity contribution >= 4 is 18.0 Å². The Hall–Kier alpha value is -3.28. The molecule has 1 atom stereocenters. The summed E-state index contributed by atoms with van der Waals surface area (Å²) in [4.78, 5) is 36.6. The van der Waals surface area contributed by atoms with Gasteiger partial charge in [-0.3, -0.25) is 4.79 Å². The monoisotopic (exact) mass is 405 g/mol. The van der Waals surface area contributed by atoms with E-state index in [2.05, 4.69) is 10.6 Å². The van der Waals surface area contributed by atoms with Crippen LogP contribution in [0.1, 0.15) is 40.2 Å². The normalized spacial score (nSPS) is 12.2. The van der Waals surface area contributed by atoms with Crippen LogP contribution >= 0.6 is 0 Å². The van der Waals surface area contributed by atoms with Crippen molar-refractivity contribution in [2.24, 2.45) is 0 Å². The molecule has 1 aromatic carbocycles. The molecule has 158 valence electrons. The Balaban J connectivity index is 2.77. The summed E-state index contributed by atoms with van der Waals surface area (Å²) in [6.07, 6.45) is -0.763. The second kappa shape index (κ2) is 9.78. The van der Waals surface area contributed by atoms with Gasteiger partial charge in [-0.25, -0.2) is 9.59 Å². The number of esters is 1. The molecule has 0 aliphatic carbocycles. The van der Waals surface area contributed by atoms with Gasteiger partial charge in [0.05, 0.1) is 18.7 Å². The van der Waals surface area contributed by atoms with Gasteiger partial charge in [0.15, 0.2) is 6.04 Å². The molecule has 0 radical (unpaired) electrons. The number of nitrogens with one attached hydrogen (secondary N) is 2. The highest BCUT2D eigenvalue weighted by Gasteiger charge is 2.34. The number of alkyl carbamates (subject to hydrolysis) is 1. The zero-order valence-electron chi connectivity index (χ0n) is 17.5. The quantitative estimate of drug-likeness (QED) is 0.663. The van der Waals surface area contributed by atoms with Crippen LogP contribution in [0.4, 0.5) is 4.79 Å². The molecule has 0 aliphatic rings. The highest BCUT2D eigenvalue weighted by Crippen LogP contribution is 2.13. The van der Waals surface area contributed by atoms with E-state index in [-0.39, 0.29) is 6.61 Å². The average molecular weight is 405 g/mol. The van der Waals surface area contributed by atoms with Crippen LogP contribution in [-0.4, -0.2) is 48.9 Å². The standard InChI is InChI=1S/C20H27N3O6/c1-19(2,3)29-18(26)23-20(4,5)17(25)22-15(16(24)27-6)12-28-14-9-7-13(11-21)8-10-14/h7-10,15H,12H2,1-6H3,(H,22,25)(H,23,26)/t15-/m1/s1. The number of amides is 2. The van der Waals surface area contributed by atoms with Crippen LogP contribution in [0.2, 0.25) is 0 Å². The summed E-state index contributed by atoms with van der Waals surface area (Å²) >= 11 is 0. The SMILES string of the molecule is COC(=O)[C@@H](COc1ccc(C#N)cc1)NC(=O)C(C)(C)NC(=O)OC(C)(C)C. The molecule has 0 saturated carbocycles. The van der Waals surface area contributed by atoms with E-state index in [0.29, 0.717) is 11.3 Å². The van der Waals surface area contributed by atoms with Gasteiger partial charge in [0, 0.05) is 0 Å². The Labute approximate surface area is 170 Å². The molecule has 9 nitrogen and oxygen atoms in total. The number of ether oxygens (including phenoxy) is 3. The third-order valence-electron chi connectivity index (χ3n) is 3.57. The predicted molar refractivity (Wildman–Crippen MR) is 104 cm³/mol. The summed E-state index contributed by atoms with van der Waals surface area (Å²) in [5.41, 5.74) is -1.62. The van der Waals surface area contributed by atoms with Crippen molar-refractivity contribution in [2.45, 2.75) is 51.8 Å². The van der Waals surface area contributed by atoms with E-state index >= 15 is 0 Å². The van der Waals surface area contributed by atoms with Crippen molar-refractivity contribution in [3.63, 3.8) is 0 Å². The Morgan fingerprint density at radius 3 is 2.17 bits per heavy atom. The second-order valence-electron chi connectivity index (χ2n) is 7.75. The summed E-state index contributed by atoms with van der Waals surface area (Å²) in [6.45, 7) is 7.85. The van der Waals surface area contributed by atoms with Gasteiger partial charge in [0.1, 0.15) is 23.5 Å². The summed E-state index contributed by atoms with van der Waals surface area (Å²) in [7, 11) is 1.19. The Kier molecular flexibility index (Phi) is 8.01. The molecule has 2 amide bonds. The van der Waals surface area contributed by atoms with Crippen LogP contribution in [0.3, 0.4) is 0 Å². The lowest BCUT2D eigenvalue weighted by Gasteiger charge is -2.29. The van der Waals surface area contributed by atoms with Gasteiger partial charge in [-0.2, -0.15) is 5.26 Å². The van der Waals surface area contributed by atoms with Gasteiger partial charge in [0.2, 0.25) is 5.91 Å². The molecule has 0 saturated heterocycles. The maximum atomic E-state index is 12.6. The summed E-state index contributed by atoms with van der Waals surface area (Å²) in [5.74, 6) is -0.916. The van der Waals surface area contributed by atoms with Crippen LogP contribution in [0.5, 0.6) is 5.75 Å². The number of methoxy groups -OCH3 is 1. The molecule has 0 unspecified atom stereocenters. The number of hydrogen-bond donors (Lipinski definition) is 2. The zero-order valence-corrected chi connectivity index (χ0v) is 17.5. The van der Waals surface area contributed by atoms with E-state index in [1.165, 1.54) is 21.0 Å². The van der Waals surface area contributed by atoms with Crippen LogP contribution < -0.4 is 15.4 Å². The topological polar surface area (TPSA) is 127 Å². The molecule has 0 heterocycles. The third-order valence-corrected chi connectivity index (χ3v) is 3.57. The Bertz CT molecular complexity index is 775. The number of hydrogen-bond acceptors (Lipinski definition) is 7. The van der Waals surface area contributed by atoms with Crippen molar-refractivity contribution < 1.29 is 28.6 Å². The molecular weight excluding hydrogens is 378 g/mol. The fraction of sp³-hybridized carbons (Fsp3) is 0.500. The van der Waals surface area contributed by atoms with E-state index in [0.717, 1.165) is 0 Å². The second-order valence-corrected chi connectivity index (χ2v) is 7.75. The minimum Gasteiger partial charge on any atom is -0.491 e. The van der Waals surface area contributed by atoms with Crippen LogP contribution in [-0.2, 0) is 19.1 Å². The van der Waals surface area contributed by atoms with Gasteiger partial charge >= 0.3 is 12.1 Å². The molecule has 9 heteroatoms. The minimum atomic E-state index is -1.36. The first-order valence-corrected chi connectivity index (χ1v) is 8.91. The number of nitriles is 1. The predicted octanol–water partition coefficient (Wildman–Crippen LogP) is 1.90. The molecular formula is C20H27N3O6. The maximum Gasteiger partial charge on any atom is 0.408 e. The Morgan fingerprint density at radius 1 is 1.10 bits per heavy atom. The Morgan fingerprint density at radius 2 is 1.69 bits per heavy atom. The summed E-state index contributed by atoms with van der Waals surface area (Å²) in [5, 5.41) is 13.8. The molecule has 29 heavy (non-hydrogen) atoms. The number of rotatable bonds is 7. The number of carbonyl (C=O) groups excluding carboxylic acids is 3. The fourth-order valence-electron chi connectivity index (χ4n) is 2.07. The van der Waals surface area contributed by atoms with E-state index in [4.69, 9.17) is 19.5 Å². The van der Waals surface area contributed by atoms with E-state index in [1.807, 2.05) is 6.07 Å². The molecule has 0 aliphatic heterocycles. The lowest BCUT2D eigenvalue weighted by Crippen LogP contribution is -2.59. The van der Waals surface area contributed by atoms with Gasteiger partial charge in [0.25, 0.3) is 0 Å². The summed E-state index contributed by atoms with van der Waals surface area (Å²) in [6, 6.07) is 7.15. The first-order valence-electron chi connectivity index (χ1n) is 8.91.